The molecule has 2 rings (SSSR count). The summed E-state index contributed by atoms with van der Waals surface area (Å²) in [5.74, 6) is 0. The Hall–Kier alpha value is -1.64. The number of pyridine rings is 1. The van der Waals surface area contributed by atoms with Gasteiger partial charge in [0, 0.05) is 18.1 Å². The molecule has 0 saturated carbocycles. The first-order chi connectivity index (χ1) is 7.35. The highest BCUT2D eigenvalue weighted by atomic mass is 15.3. The Bertz CT molecular complexity index is 431. The Morgan fingerprint density at radius 2 is 1.87 bits per heavy atom. The van der Waals surface area contributed by atoms with Crippen LogP contribution >= 0.6 is 0 Å². The van der Waals surface area contributed by atoms with Crippen molar-refractivity contribution in [3.05, 3.63) is 42.0 Å². The predicted octanol–water partition coefficient (Wildman–Crippen LogP) is 2.39. The van der Waals surface area contributed by atoms with Gasteiger partial charge in [0.05, 0.1) is 11.4 Å². The molecule has 15 heavy (non-hydrogen) atoms. The third-order valence-corrected chi connectivity index (χ3v) is 2.47. The highest BCUT2D eigenvalue weighted by Crippen LogP contribution is 2.12. The van der Waals surface area contributed by atoms with Crippen molar-refractivity contribution in [2.45, 2.75) is 26.7 Å². The molecule has 2 heterocycles. The van der Waals surface area contributed by atoms with Crippen LogP contribution in [0.25, 0.3) is 5.69 Å². The lowest BCUT2D eigenvalue weighted by Crippen LogP contribution is -2.01. The van der Waals surface area contributed by atoms with Crippen LogP contribution in [0.2, 0.25) is 0 Å². The molecular weight excluding hydrogens is 186 g/mol. The summed E-state index contributed by atoms with van der Waals surface area (Å²) in [5, 5.41) is 4.56. The van der Waals surface area contributed by atoms with Gasteiger partial charge in [0.15, 0.2) is 0 Å². The zero-order chi connectivity index (χ0) is 10.7. The van der Waals surface area contributed by atoms with Crippen LogP contribution in [-0.4, -0.2) is 14.8 Å². The third-order valence-electron chi connectivity index (χ3n) is 2.47. The summed E-state index contributed by atoms with van der Waals surface area (Å²) in [5.41, 5.74) is 3.48. The van der Waals surface area contributed by atoms with E-state index in [1.807, 2.05) is 16.8 Å². The first kappa shape index (κ1) is 9.90. The van der Waals surface area contributed by atoms with Crippen molar-refractivity contribution < 1.29 is 0 Å². The van der Waals surface area contributed by atoms with Gasteiger partial charge < -0.3 is 0 Å². The fraction of sp³-hybridized carbons (Fsp3) is 0.333. The monoisotopic (exact) mass is 201 g/mol. The van der Waals surface area contributed by atoms with Crippen molar-refractivity contribution >= 4 is 0 Å². The molecular formula is C12H15N3. The number of rotatable bonds is 3. The summed E-state index contributed by atoms with van der Waals surface area (Å²) in [6.45, 7) is 4.27. The second-order valence-corrected chi connectivity index (χ2v) is 3.45. The van der Waals surface area contributed by atoms with Crippen molar-refractivity contribution in [1.82, 2.24) is 14.8 Å². The molecule has 0 aliphatic heterocycles. The van der Waals surface area contributed by atoms with Crippen molar-refractivity contribution in [2.75, 3.05) is 0 Å². The number of hydrogen-bond donors (Lipinski definition) is 0. The minimum absolute atomic E-state index is 0.977. The minimum atomic E-state index is 0.977. The predicted molar refractivity (Wildman–Crippen MR) is 60.1 cm³/mol. The van der Waals surface area contributed by atoms with Gasteiger partial charge in [0.1, 0.15) is 0 Å². The largest absolute Gasteiger partial charge is 0.265 e. The summed E-state index contributed by atoms with van der Waals surface area (Å²) < 4.78 is 2.00. The van der Waals surface area contributed by atoms with E-state index < -0.39 is 0 Å². The molecule has 0 radical (unpaired) electrons. The molecule has 0 amide bonds. The number of aromatic nitrogens is 3. The number of nitrogens with zero attached hydrogens (tertiary/aromatic N) is 3. The van der Waals surface area contributed by atoms with Gasteiger partial charge in [-0.2, -0.15) is 5.10 Å². The zero-order valence-corrected chi connectivity index (χ0v) is 9.14. The fourth-order valence-corrected chi connectivity index (χ4v) is 1.61. The first-order valence-electron chi connectivity index (χ1n) is 5.33. The molecule has 0 fully saturated rings. The van der Waals surface area contributed by atoms with Gasteiger partial charge in [-0.05, 0) is 31.0 Å². The van der Waals surface area contributed by atoms with Crippen molar-refractivity contribution in [3.63, 3.8) is 0 Å². The molecule has 0 aliphatic carbocycles. The summed E-state index contributed by atoms with van der Waals surface area (Å²) in [4.78, 5) is 4.01. The SMILES string of the molecule is CCc1cc(CC)n(-c2ccncc2)n1. The molecule has 2 aromatic heterocycles. The maximum atomic E-state index is 4.56. The molecule has 3 heteroatoms. The van der Waals surface area contributed by atoms with E-state index in [0.717, 1.165) is 24.2 Å². The van der Waals surface area contributed by atoms with Crippen LogP contribution in [0.4, 0.5) is 0 Å². The highest BCUT2D eigenvalue weighted by Gasteiger charge is 2.06. The van der Waals surface area contributed by atoms with Gasteiger partial charge in [-0.15, -0.1) is 0 Å². The summed E-state index contributed by atoms with van der Waals surface area (Å²) in [6.07, 6.45) is 5.56. The van der Waals surface area contributed by atoms with E-state index in [2.05, 4.69) is 30.0 Å². The standard InChI is InChI=1S/C12H15N3/c1-3-10-9-11(4-2)15(14-10)12-5-7-13-8-6-12/h5-9H,3-4H2,1-2H3. The fourth-order valence-electron chi connectivity index (χ4n) is 1.61. The van der Waals surface area contributed by atoms with Crippen LogP contribution in [0.15, 0.2) is 30.6 Å². The van der Waals surface area contributed by atoms with E-state index in [-0.39, 0.29) is 0 Å². The topological polar surface area (TPSA) is 30.7 Å². The van der Waals surface area contributed by atoms with E-state index in [4.69, 9.17) is 0 Å². The molecule has 0 spiro atoms. The Morgan fingerprint density at radius 1 is 1.13 bits per heavy atom. The highest BCUT2D eigenvalue weighted by molar-refractivity contribution is 5.31. The lowest BCUT2D eigenvalue weighted by atomic mass is 10.2. The Labute approximate surface area is 89.8 Å². The summed E-state index contributed by atoms with van der Waals surface area (Å²) in [6, 6.07) is 6.12. The van der Waals surface area contributed by atoms with Gasteiger partial charge in [-0.1, -0.05) is 13.8 Å². The maximum absolute atomic E-state index is 4.56. The minimum Gasteiger partial charge on any atom is -0.265 e. The number of hydrogen-bond acceptors (Lipinski definition) is 2. The first-order valence-corrected chi connectivity index (χ1v) is 5.33. The van der Waals surface area contributed by atoms with E-state index in [0.29, 0.717) is 0 Å². The van der Waals surface area contributed by atoms with Crippen LogP contribution in [-0.2, 0) is 12.8 Å². The Kier molecular flexibility index (Phi) is 2.81. The summed E-state index contributed by atoms with van der Waals surface area (Å²) >= 11 is 0. The molecule has 0 aromatic carbocycles. The van der Waals surface area contributed by atoms with E-state index in [1.54, 1.807) is 12.4 Å². The summed E-state index contributed by atoms with van der Waals surface area (Å²) in [7, 11) is 0. The average molecular weight is 201 g/mol. The van der Waals surface area contributed by atoms with Crippen LogP contribution in [0.1, 0.15) is 25.2 Å². The molecule has 0 aliphatic rings. The Balaban J connectivity index is 2.47. The van der Waals surface area contributed by atoms with Crippen LogP contribution < -0.4 is 0 Å². The molecule has 0 atom stereocenters. The second kappa shape index (κ2) is 4.26. The molecule has 0 N–H and O–H groups in total. The third kappa shape index (κ3) is 1.91. The second-order valence-electron chi connectivity index (χ2n) is 3.45. The molecule has 3 nitrogen and oxygen atoms in total. The van der Waals surface area contributed by atoms with E-state index >= 15 is 0 Å². The molecule has 78 valence electrons. The van der Waals surface area contributed by atoms with Gasteiger partial charge in [-0.3, -0.25) is 4.98 Å². The van der Waals surface area contributed by atoms with Gasteiger partial charge in [0.2, 0.25) is 0 Å². The van der Waals surface area contributed by atoms with Crippen LogP contribution in [0, 0.1) is 0 Å². The Morgan fingerprint density at radius 3 is 2.47 bits per heavy atom. The van der Waals surface area contributed by atoms with Crippen molar-refractivity contribution in [2.24, 2.45) is 0 Å². The van der Waals surface area contributed by atoms with Crippen LogP contribution in [0.3, 0.4) is 0 Å². The molecule has 0 saturated heterocycles. The van der Waals surface area contributed by atoms with E-state index in [9.17, 15) is 0 Å². The van der Waals surface area contributed by atoms with Crippen molar-refractivity contribution in [3.8, 4) is 5.69 Å². The zero-order valence-electron chi connectivity index (χ0n) is 9.14. The number of aryl methyl sites for hydroxylation is 2. The lowest BCUT2D eigenvalue weighted by molar-refractivity contribution is 0.793. The van der Waals surface area contributed by atoms with Gasteiger partial charge in [-0.25, -0.2) is 4.68 Å². The quantitative estimate of drug-likeness (QED) is 0.763. The molecule has 2 aromatic rings. The van der Waals surface area contributed by atoms with Gasteiger partial charge in [0.25, 0.3) is 0 Å². The molecule has 0 unspecified atom stereocenters. The lowest BCUT2D eigenvalue weighted by Gasteiger charge is -2.04. The normalized spacial score (nSPS) is 10.5. The van der Waals surface area contributed by atoms with Crippen LogP contribution in [0.5, 0.6) is 0 Å². The smallest absolute Gasteiger partial charge is 0.0679 e. The van der Waals surface area contributed by atoms with Crippen molar-refractivity contribution in [1.29, 1.82) is 0 Å². The van der Waals surface area contributed by atoms with Gasteiger partial charge >= 0.3 is 0 Å². The molecule has 0 bridgehead atoms. The average Bonchev–Trinajstić information content (AvgIpc) is 2.73. The maximum Gasteiger partial charge on any atom is 0.0679 e. The van der Waals surface area contributed by atoms with E-state index in [1.165, 1.54) is 5.69 Å².